The van der Waals surface area contributed by atoms with Crippen molar-refractivity contribution in [1.82, 2.24) is 14.9 Å². The summed E-state index contributed by atoms with van der Waals surface area (Å²) in [5.41, 5.74) is 3.75. The van der Waals surface area contributed by atoms with Crippen LogP contribution < -0.4 is 9.46 Å². The molecule has 0 saturated heterocycles. The second-order valence-corrected chi connectivity index (χ2v) is 7.74. The number of anilines is 1. The fraction of sp³-hybridized carbons (Fsp3) is 0.200. The van der Waals surface area contributed by atoms with Crippen molar-refractivity contribution in [2.45, 2.75) is 25.3 Å². The van der Waals surface area contributed by atoms with Crippen LogP contribution in [0.5, 0.6) is 5.75 Å². The van der Waals surface area contributed by atoms with Gasteiger partial charge in [-0.3, -0.25) is 9.40 Å². The van der Waals surface area contributed by atoms with Crippen molar-refractivity contribution in [3.8, 4) is 5.75 Å². The summed E-state index contributed by atoms with van der Waals surface area (Å²) in [7, 11) is 0.116. The monoisotopic (exact) mass is 396 g/mol. The van der Waals surface area contributed by atoms with E-state index in [-0.39, 0.29) is 0 Å². The Hall–Kier alpha value is -3.13. The Morgan fingerprint density at radius 3 is 2.79 bits per heavy atom. The fourth-order valence-corrected chi connectivity index (χ4v) is 3.88. The van der Waals surface area contributed by atoms with Crippen LogP contribution in [-0.2, 0) is 17.5 Å². The van der Waals surface area contributed by atoms with Gasteiger partial charge >= 0.3 is 0 Å². The Morgan fingerprint density at radius 1 is 1.21 bits per heavy atom. The molecule has 4 aromatic rings. The maximum atomic E-state index is 12.8. The summed E-state index contributed by atoms with van der Waals surface area (Å²) in [5, 5.41) is 8.94. The Morgan fingerprint density at radius 2 is 2.07 bits per heavy atom. The molecule has 0 aliphatic carbocycles. The molecule has 0 aliphatic rings. The van der Waals surface area contributed by atoms with Gasteiger partial charge in [-0.05, 0) is 60.9 Å². The topological polar surface area (TPSA) is 82.2 Å². The van der Waals surface area contributed by atoms with Crippen molar-refractivity contribution in [3.63, 3.8) is 0 Å². The number of ether oxygens (including phenoxy) is 1. The lowest BCUT2D eigenvalue weighted by atomic mass is 10.1. The van der Waals surface area contributed by atoms with Gasteiger partial charge in [0.15, 0.2) is 22.4 Å². The Bertz CT molecular complexity index is 1150. The van der Waals surface area contributed by atoms with Crippen molar-refractivity contribution in [2.75, 3.05) is 11.8 Å². The van der Waals surface area contributed by atoms with Crippen LogP contribution in [0.1, 0.15) is 16.7 Å². The molecule has 7 nitrogen and oxygen atoms in total. The predicted molar refractivity (Wildman–Crippen MR) is 108 cm³/mol. The summed E-state index contributed by atoms with van der Waals surface area (Å²) in [5.74, 6) is 0.981. The predicted octanol–water partition coefficient (Wildman–Crippen LogP) is 3.83. The van der Waals surface area contributed by atoms with Crippen LogP contribution in [0.25, 0.3) is 11.0 Å². The zero-order valence-corrected chi connectivity index (χ0v) is 16.6. The highest BCUT2D eigenvalue weighted by atomic mass is 32.2. The number of rotatable bonds is 6. The highest BCUT2D eigenvalue weighted by Gasteiger charge is 2.18. The van der Waals surface area contributed by atoms with Gasteiger partial charge in [-0.1, -0.05) is 11.2 Å². The van der Waals surface area contributed by atoms with Crippen LogP contribution >= 0.6 is 0 Å². The smallest absolute Gasteiger partial charge is 0.193 e. The molecule has 1 atom stereocenters. The molecule has 0 bridgehead atoms. The maximum absolute atomic E-state index is 12.8. The number of hydrogen-bond acceptors (Lipinski definition) is 5. The van der Waals surface area contributed by atoms with E-state index in [0.717, 1.165) is 16.7 Å². The number of hydrogen-bond donors (Lipinski definition) is 1. The van der Waals surface area contributed by atoms with E-state index in [1.54, 1.807) is 13.3 Å². The quantitative estimate of drug-likeness (QED) is 0.536. The first-order chi connectivity index (χ1) is 13.5. The van der Waals surface area contributed by atoms with Crippen LogP contribution in [-0.4, -0.2) is 26.3 Å². The average molecular weight is 396 g/mol. The molecule has 0 fully saturated rings. The van der Waals surface area contributed by atoms with Crippen molar-refractivity contribution < 1.29 is 13.5 Å². The third-order valence-electron chi connectivity index (χ3n) is 4.60. The second kappa shape index (κ2) is 7.47. The molecule has 1 unspecified atom stereocenters. The molecule has 2 aromatic carbocycles. The Labute approximate surface area is 164 Å². The molecule has 4 rings (SSSR count). The van der Waals surface area contributed by atoms with Crippen LogP contribution in [0.2, 0.25) is 0 Å². The summed E-state index contributed by atoms with van der Waals surface area (Å²) in [6, 6.07) is 11.4. The van der Waals surface area contributed by atoms with E-state index in [4.69, 9.17) is 9.26 Å². The van der Waals surface area contributed by atoms with Crippen molar-refractivity contribution in [3.05, 3.63) is 65.5 Å². The van der Waals surface area contributed by atoms with Gasteiger partial charge in [-0.2, -0.15) is 5.10 Å². The zero-order valence-electron chi connectivity index (χ0n) is 15.8. The van der Waals surface area contributed by atoms with Crippen molar-refractivity contribution in [2.24, 2.45) is 0 Å². The third-order valence-corrected chi connectivity index (χ3v) is 5.66. The van der Waals surface area contributed by atoms with Crippen LogP contribution in [0.4, 0.5) is 5.82 Å². The molecule has 8 heteroatoms. The highest BCUT2D eigenvalue weighted by Crippen LogP contribution is 2.34. The number of aromatic nitrogens is 3. The largest absolute Gasteiger partial charge is 0.496 e. The van der Waals surface area contributed by atoms with E-state index in [2.05, 4.69) is 15.0 Å². The van der Waals surface area contributed by atoms with E-state index in [9.17, 15) is 4.21 Å². The average Bonchev–Trinajstić information content (AvgIpc) is 3.33. The molecule has 144 valence electrons. The number of nitrogens with one attached hydrogen (secondary N) is 1. The molecule has 0 amide bonds. The molecule has 28 heavy (non-hydrogen) atoms. The Kier molecular flexibility index (Phi) is 4.87. The SMILES string of the molecule is COc1cc(Cn2cccn2)cc2onc(NS(=O)c3ccc(C)c(C)c3)c12. The van der Waals surface area contributed by atoms with Crippen LogP contribution in [0.15, 0.2) is 58.2 Å². The van der Waals surface area contributed by atoms with E-state index in [0.29, 0.717) is 34.0 Å². The first-order valence-corrected chi connectivity index (χ1v) is 9.89. The number of fused-ring (bicyclic) bond motifs is 1. The minimum absolute atomic E-state index is 0.383. The number of aryl methyl sites for hydroxylation is 2. The number of benzene rings is 2. The van der Waals surface area contributed by atoms with E-state index >= 15 is 0 Å². The van der Waals surface area contributed by atoms with Crippen molar-refractivity contribution >= 4 is 27.8 Å². The minimum Gasteiger partial charge on any atom is -0.496 e. The summed E-state index contributed by atoms with van der Waals surface area (Å²) in [6.45, 7) is 4.59. The van der Waals surface area contributed by atoms with Gasteiger partial charge in [0.25, 0.3) is 0 Å². The molecule has 0 aliphatic heterocycles. The lowest BCUT2D eigenvalue weighted by Crippen LogP contribution is -2.06. The summed E-state index contributed by atoms with van der Waals surface area (Å²) >= 11 is 0. The lowest BCUT2D eigenvalue weighted by molar-refractivity contribution is 0.418. The van der Waals surface area contributed by atoms with E-state index in [1.807, 2.05) is 61.1 Å². The van der Waals surface area contributed by atoms with Gasteiger partial charge in [-0.25, -0.2) is 4.21 Å². The standard InChI is InChI=1S/C20H20N4O3S/c1-13-5-6-16(9-14(13)2)28(25)23-20-19-17(26-3)10-15(11-18(19)27-22-20)12-24-8-4-7-21-24/h4-11H,12H2,1-3H3,(H,22,23). The molecule has 0 radical (unpaired) electrons. The zero-order chi connectivity index (χ0) is 19.7. The molecule has 1 N–H and O–H groups in total. The number of methoxy groups -OCH3 is 1. The fourth-order valence-electron chi connectivity index (χ4n) is 2.97. The van der Waals surface area contributed by atoms with Gasteiger partial charge in [0.2, 0.25) is 0 Å². The molecule has 2 heterocycles. The molecule has 2 aromatic heterocycles. The highest BCUT2D eigenvalue weighted by molar-refractivity contribution is 7.86. The van der Waals surface area contributed by atoms with Gasteiger partial charge in [0, 0.05) is 12.4 Å². The minimum atomic E-state index is -1.47. The number of nitrogens with zero attached hydrogens (tertiary/aromatic N) is 3. The first-order valence-electron chi connectivity index (χ1n) is 8.74. The second-order valence-electron chi connectivity index (χ2n) is 6.52. The third kappa shape index (κ3) is 3.50. The lowest BCUT2D eigenvalue weighted by Gasteiger charge is -2.09. The van der Waals surface area contributed by atoms with Gasteiger partial charge in [-0.15, -0.1) is 0 Å². The normalized spacial score (nSPS) is 12.2. The van der Waals surface area contributed by atoms with Gasteiger partial charge in [0.05, 0.1) is 18.6 Å². The van der Waals surface area contributed by atoms with Crippen molar-refractivity contribution in [1.29, 1.82) is 0 Å². The van der Waals surface area contributed by atoms with Gasteiger partial charge in [0.1, 0.15) is 11.1 Å². The van der Waals surface area contributed by atoms with E-state index in [1.165, 1.54) is 0 Å². The summed E-state index contributed by atoms with van der Waals surface area (Å²) < 4.78 is 28.5. The molecular formula is C20H20N4O3S. The van der Waals surface area contributed by atoms with Gasteiger partial charge < -0.3 is 9.26 Å². The maximum Gasteiger partial charge on any atom is 0.193 e. The summed E-state index contributed by atoms with van der Waals surface area (Å²) in [6.07, 6.45) is 3.62. The van der Waals surface area contributed by atoms with E-state index < -0.39 is 11.0 Å². The Balaban J connectivity index is 1.66. The summed E-state index contributed by atoms with van der Waals surface area (Å²) in [4.78, 5) is 0.675. The molecule has 0 saturated carbocycles. The van der Waals surface area contributed by atoms with Crippen LogP contribution in [0, 0.1) is 13.8 Å². The van der Waals surface area contributed by atoms with Crippen LogP contribution in [0.3, 0.4) is 0 Å². The molecular weight excluding hydrogens is 376 g/mol. The molecule has 0 spiro atoms. The first kappa shape index (κ1) is 18.2.